The van der Waals surface area contributed by atoms with Crippen molar-refractivity contribution in [1.82, 2.24) is 0 Å². The van der Waals surface area contributed by atoms with Crippen molar-refractivity contribution in [2.45, 2.75) is 13.8 Å². The molecule has 0 unspecified atom stereocenters. The number of ether oxygens (including phenoxy) is 1. The second-order valence-electron chi connectivity index (χ2n) is 2.69. The molecule has 1 radical (unpaired) electrons. The van der Waals surface area contributed by atoms with Crippen LogP contribution in [0.25, 0.3) is 0 Å². The lowest BCUT2D eigenvalue weighted by Gasteiger charge is -2.12. The molecule has 0 aliphatic heterocycles. The van der Waals surface area contributed by atoms with E-state index < -0.39 is 19.7 Å². The van der Waals surface area contributed by atoms with Crippen LogP contribution in [-0.4, -0.2) is 21.9 Å². The van der Waals surface area contributed by atoms with E-state index in [9.17, 15) is 9.36 Å². The molecule has 0 atom stereocenters. The van der Waals surface area contributed by atoms with Crippen LogP contribution in [0.4, 0.5) is 0 Å². The second-order valence-corrected chi connectivity index (χ2v) is 4.34. The third-order valence-corrected chi connectivity index (χ3v) is 1.90. The Balaban J connectivity index is 4.03. The summed E-state index contributed by atoms with van der Waals surface area (Å²) in [6.45, 7) is 6.11. The molecule has 0 heterocycles. The Labute approximate surface area is 76.6 Å². The molecular formula is C7H12O5P. The van der Waals surface area contributed by atoms with Gasteiger partial charge in [0.25, 0.3) is 0 Å². The molecule has 75 valence electrons. The molecule has 5 nitrogen and oxygen atoms in total. The molecule has 0 saturated carbocycles. The predicted molar refractivity (Wildman–Crippen MR) is 46.7 cm³/mol. The van der Waals surface area contributed by atoms with Crippen molar-refractivity contribution in [2.24, 2.45) is 0 Å². The molecule has 0 aromatic heterocycles. The van der Waals surface area contributed by atoms with Gasteiger partial charge in [-0.05, 0) is 13.8 Å². The van der Waals surface area contributed by atoms with Crippen LogP contribution in [0.15, 0.2) is 12.2 Å². The third-order valence-electron chi connectivity index (χ3n) is 1.04. The minimum absolute atomic E-state index is 0.0127. The van der Waals surface area contributed by atoms with Crippen LogP contribution in [0.5, 0.6) is 0 Å². The number of carbonyl (C=O) groups is 1. The lowest BCUT2D eigenvalue weighted by molar-refractivity contribution is -0.137. The molecule has 0 rings (SSSR count). The summed E-state index contributed by atoms with van der Waals surface area (Å²) in [4.78, 5) is 27.9. The summed E-state index contributed by atoms with van der Waals surface area (Å²) in [5, 5.41) is 0. The van der Waals surface area contributed by atoms with Crippen LogP contribution >= 0.6 is 7.60 Å². The van der Waals surface area contributed by atoms with Crippen LogP contribution < -0.4 is 0 Å². The maximum Gasteiger partial charge on any atom is 0.333 e. The summed E-state index contributed by atoms with van der Waals surface area (Å²) in [7, 11) is -4.15. The summed E-state index contributed by atoms with van der Waals surface area (Å²) < 4.78 is 15.0. The molecule has 0 aliphatic rings. The van der Waals surface area contributed by atoms with E-state index in [-0.39, 0.29) is 11.7 Å². The highest BCUT2D eigenvalue weighted by Crippen LogP contribution is 2.37. The second kappa shape index (κ2) is 4.56. The topological polar surface area (TPSA) is 83.8 Å². The van der Waals surface area contributed by atoms with Crippen molar-refractivity contribution < 1.29 is 23.9 Å². The molecule has 0 saturated heterocycles. The highest BCUT2D eigenvalue weighted by molar-refractivity contribution is 7.51. The fourth-order valence-corrected chi connectivity index (χ4v) is 1.21. The van der Waals surface area contributed by atoms with E-state index in [1.807, 2.05) is 0 Å². The maximum absolute atomic E-state index is 10.8. The smallest absolute Gasteiger partial charge is 0.333 e. The number of hydrogen-bond acceptors (Lipinski definition) is 3. The van der Waals surface area contributed by atoms with Gasteiger partial charge >= 0.3 is 13.6 Å². The first-order valence-corrected chi connectivity index (χ1v) is 5.27. The van der Waals surface area contributed by atoms with E-state index >= 15 is 0 Å². The Hall–Kier alpha value is -0.640. The predicted octanol–water partition coefficient (Wildman–Crippen LogP) is 0.835. The average Bonchev–Trinajstić information content (AvgIpc) is 1.81. The molecule has 0 spiro atoms. The van der Waals surface area contributed by atoms with Gasteiger partial charge in [-0.25, -0.2) is 4.79 Å². The number of carbonyl (C=O) groups excluding carboxylic acids is 1. The monoisotopic (exact) mass is 207 g/mol. The molecule has 0 aliphatic carbocycles. The minimum atomic E-state index is -4.15. The van der Waals surface area contributed by atoms with Crippen LogP contribution in [0.2, 0.25) is 0 Å². The molecule has 0 aromatic rings. The lowest BCUT2D eigenvalue weighted by Crippen LogP contribution is -2.12. The molecule has 0 fully saturated rings. The van der Waals surface area contributed by atoms with Gasteiger partial charge in [-0.2, -0.15) is 0 Å². The van der Waals surface area contributed by atoms with Crippen LogP contribution in [0.3, 0.4) is 0 Å². The van der Waals surface area contributed by atoms with Gasteiger partial charge in [-0.1, -0.05) is 6.58 Å². The van der Waals surface area contributed by atoms with Crippen molar-refractivity contribution in [3.05, 3.63) is 18.3 Å². The Bertz CT molecular complexity index is 254. The van der Waals surface area contributed by atoms with Crippen molar-refractivity contribution in [1.29, 1.82) is 0 Å². The van der Waals surface area contributed by atoms with E-state index in [4.69, 9.17) is 9.79 Å². The van der Waals surface area contributed by atoms with Crippen LogP contribution in [0, 0.1) is 6.10 Å². The van der Waals surface area contributed by atoms with Gasteiger partial charge < -0.3 is 14.5 Å². The van der Waals surface area contributed by atoms with Crippen molar-refractivity contribution >= 4 is 13.6 Å². The zero-order valence-electron chi connectivity index (χ0n) is 7.48. The first-order valence-electron chi connectivity index (χ1n) is 3.47. The summed E-state index contributed by atoms with van der Waals surface area (Å²) >= 11 is 0. The Kier molecular flexibility index (Phi) is 4.33. The van der Waals surface area contributed by atoms with E-state index in [2.05, 4.69) is 11.3 Å². The summed E-state index contributed by atoms with van der Waals surface area (Å²) in [6, 6.07) is 0. The normalized spacial score (nSPS) is 11.5. The Morgan fingerprint density at radius 3 is 2.23 bits per heavy atom. The van der Waals surface area contributed by atoms with Gasteiger partial charge in [0.05, 0.1) is 6.16 Å². The maximum atomic E-state index is 10.8. The summed E-state index contributed by atoms with van der Waals surface area (Å²) in [5.41, 5.74) is 0.185. The van der Waals surface area contributed by atoms with E-state index in [0.717, 1.165) is 0 Å². The largest absolute Gasteiger partial charge is 0.451 e. The van der Waals surface area contributed by atoms with Gasteiger partial charge in [0.15, 0.2) is 6.10 Å². The van der Waals surface area contributed by atoms with Crippen LogP contribution in [0.1, 0.15) is 13.8 Å². The van der Waals surface area contributed by atoms with Gasteiger partial charge in [-0.15, -0.1) is 0 Å². The summed E-state index contributed by atoms with van der Waals surface area (Å²) in [5.74, 6) is -0.675. The minimum Gasteiger partial charge on any atom is -0.451 e. The fourth-order valence-electron chi connectivity index (χ4n) is 0.568. The molecule has 6 heteroatoms. The Morgan fingerprint density at radius 2 is 1.92 bits per heavy atom. The molecule has 2 N–H and O–H groups in total. The number of rotatable bonds is 4. The van der Waals surface area contributed by atoms with Gasteiger partial charge in [0.1, 0.15) is 0 Å². The highest BCUT2D eigenvalue weighted by atomic mass is 31.2. The van der Waals surface area contributed by atoms with Crippen molar-refractivity contribution in [3.8, 4) is 0 Å². The van der Waals surface area contributed by atoms with Crippen molar-refractivity contribution in [2.75, 3.05) is 6.16 Å². The van der Waals surface area contributed by atoms with E-state index in [1.165, 1.54) is 13.8 Å². The number of esters is 1. The molecular weight excluding hydrogens is 195 g/mol. The first-order chi connectivity index (χ1) is 5.72. The van der Waals surface area contributed by atoms with Crippen LogP contribution in [-0.2, 0) is 14.1 Å². The average molecular weight is 207 g/mol. The highest BCUT2D eigenvalue weighted by Gasteiger charge is 2.22. The quantitative estimate of drug-likeness (QED) is 0.405. The zero-order chi connectivity index (χ0) is 10.6. The number of hydrogen-bond donors (Lipinski definition) is 2. The fraction of sp³-hybridized carbons (Fsp3) is 0.429. The molecule has 0 amide bonds. The molecule has 0 aromatic carbocycles. The van der Waals surface area contributed by atoms with Crippen molar-refractivity contribution in [3.63, 3.8) is 0 Å². The van der Waals surface area contributed by atoms with E-state index in [1.54, 1.807) is 0 Å². The zero-order valence-corrected chi connectivity index (χ0v) is 8.38. The summed E-state index contributed by atoms with van der Waals surface area (Å²) in [6.07, 6.45) is -0.562. The van der Waals surface area contributed by atoms with Gasteiger partial charge in [0, 0.05) is 5.57 Å². The van der Waals surface area contributed by atoms with E-state index in [0.29, 0.717) is 0 Å². The van der Waals surface area contributed by atoms with Gasteiger partial charge in [0.2, 0.25) is 0 Å². The molecule has 13 heavy (non-hydrogen) atoms. The Morgan fingerprint density at radius 1 is 1.46 bits per heavy atom. The van der Waals surface area contributed by atoms with Gasteiger partial charge in [-0.3, -0.25) is 4.57 Å². The molecule has 0 bridgehead atoms. The lowest BCUT2D eigenvalue weighted by atomic mass is 10.3. The standard InChI is InChI=1S/C7H12O5P/c1-5(2)7(8)12-6(3)4-13(9,10)11/h1,4H2,2-3H3,(H2,9,10,11). The first kappa shape index (κ1) is 12.4. The SMILES string of the molecule is C=C(C)C(=O)O[C](C)CP(=O)(O)O. The third kappa shape index (κ3) is 6.51.